The van der Waals surface area contributed by atoms with E-state index in [0.29, 0.717) is 10.0 Å². The van der Waals surface area contributed by atoms with Gasteiger partial charge in [0.25, 0.3) is 0 Å². The first kappa shape index (κ1) is 11.2. The van der Waals surface area contributed by atoms with Crippen molar-refractivity contribution in [1.29, 1.82) is 0 Å². The first-order chi connectivity index (χ1) is 7.70. The SMILES string of the molecule is CNc1ncc(Cl)cc1-c1ccc(Cl)cc1. The molecule has 16 heavy (non-hydrogen) atoms. The van der Waals surface area contributed by atoms with E-state index in [1.54, 1.807) is 6.20 Å². The lowest BCUT2D eigenvalue weighted by atomic mass is 10.1. The fraction of sp³-hybridized carbons (Fsp3) is 0.0833. The summed E-state index contributed by atoms with van der Waals surface area (Å²) in [6.07, 6.45) is 1.62. The summed E-state index contributed by atoms with van der Waals surface area (Å²) in [6.45, 7) is 0. The van der Waals surface area contributed by atoms with Gasteiger partial charge < -0.3 is 5.32 Å². The van der Waals surface area contributed by atoms with Crippen LogP contribution >= 0.6 is 23.2 Å². The molecule has 1 aromatic carbocycles. The molecule has 0 aliphatic heterocycles. The first-order valence-electron chi connectivity index (χ1n) is 4.80. The van der Waals surface area contributed by atoms with Crippen molar-refractivity contribution >= 4 is 29.0 Å². The highest BCUT2D eigenvalue weighted by atomic mass is 35.5. The van der Waals surface area contributed by atoms with Crippen molar-refractivity contribution in [1.82, 2.24) is 4.98 Å². The lowest BCUT2D eigenvalue weighted by molar-refractivity contribution is 1.29. The highest BCUT2D eigenvalue weighted by molar-refractivity contribution is 6.31. The number of hydrogen-bond acceptors (Lipinski definition) is 2. The van der Waals surface area contributed by atoms with Gasteiger partial charge in [0.05, 0.1) is 5.02 Å². The van der Waals surface area contributed by atoms with Crippen molar-refractivity contribution in [3.63, 3.8) is 0 Å². The van der Waals surface area contributed by atoms with Gasteiger partial charge in [-0.2, -0.15) is 0 Å². The van der Waals surface area contributed by atoms with Crippen molar-refractivity contribution in [2.45, 2.75) is 0 Å². The maximum absolute atomic E-state index is 5.94. The molecule has 0 saturated heterocycles. The van der Waals surface area contributed by atoms with Crippen molar-refractivity contribution < 1.29 is 0 Å². The summed E-state index contributed by atoms with van der Waals surface area (Å²) >= 11 is 11.8. The summed E-state index contributed by atoms with van der Waals surface area (Å²) in [7, 11) is 1.83. The van der Waals surface area contributed by atoms with Gasteiger partial charge in [-0.1, -0.05) is 35.3 Å². The Labute approximate surface area is 104 Å². The molecule has 82 valence electrons. The largest absolute Gasteiger partial charge is 0.373 e. The molecule has 0 aliphatic carbocycles. The summed E-state index contributed by atoms with van der Waals surface area (Å²) in [4.78, 5) is 4.22. The van der Waals surface area contributed by atoms with E-state index in [0.717, 1.165) is 16.9 Å². The molecule has 0 saturated carbocycles. The molecule has 0 amide bonds. The molecular formula is C12H10Cl2N2. The van der Waals surface area contributed by atoms with E-state index in [9.17, 15) is 0 Å². The lowest BCUT2D eigenvalue weighted by Crippen LogP contribution is -1.95. The monoisotopic (exact) mass is 252 g/mol. The molecule has 2 rings (SSSR count). The van der Waals surface area contributed by atoms with Crippen LogP contribution in [0.4, 0.5) is 5.82 Å². The van der Waals surface area contributed by atoms with Crippen molar-refractivity contribution in [3.8, 4) is 11.1 Å². The van der Waals surface area contributed by atoms with Gasteiger partial charge in [0.15, 0.2) is 0 Å². The zero-order chi connectivity index (χ0) is 11.5. The number of nitrogens with zero attached hydrogens (tertiary/aromatic N) is 1. The summed E-state index contributed by atoms with van der Waals surface area (Å²) < 4.78 is 0. The quantitative estimate of drug-likeness (QED) is 0.871. The zero-order valence-corrected chi connectivity index (χ0v) is 10.2. The van der Waals surface area contributed by atoms with Crippen LogP contribution in [0.3, 0.4) is 0 Å². The summed E-state index contributed by atoms with van der Waals surface area (Å²) in [5.41, 5.74) is 2.00. The molecule has 2 aromatic rings. The minimum atomic E-state index is 0.615. The molecular weight excluding hydrogens is 243 g/mol. The van der Waals surface area contributed by atoms with E-state index >= 15 is 0 Å². The van der Waals surface area contributed by atoms with Gasteiger partial charge in [-0.05, 0) is 23.8 Å². The van der Waals surface area contributed by atoms with Crippen LogP contribution in [0.5, 0.6) is 0 Å². The van der Waals surface area contributed by atoms with Crippen LogP contribution in [-0.4, -0.2) is 12.0 Å². The Morgan fingerprint density at radius 1 is 1.06 bits per heavy atom. The third kappa shape index (κ3) is 2.29. The predicted molar refractivity (Wildman–Crippen MR) is 69.2 cm³/mol. The fourth-order valence-electron chi connectivity index (χ4n) is 1.49. The van der Waals surface area contributed by atoms with E-state index in [1.807, 2.05) is 37.4 Å². The molecule has 0 atom stereocenters. The smallest absolute Gasteiger partial charge is 0.133 e. The Kier molecular flexibility index (Phi) is 3.32. The minimum absolute atomic E-state index is 0.615. The molecule has 0 unspecified atom stereocenters. The van der Waals surface area contributed by atoms with E-state index in [-0.39, 0.29) is 0 Å². The second-order valence-corrected chi connectivity index (χ2v) is 4.18. The van der Waals surface area contributed by atoms with Gasteiger partial charge in [-0.3, -0.25) is 0 Å². The van der Waals surface area contributed by atoms with Crippen molar-refractivity contribution in [2.75, 3.05) is 12.4 Å². The molecule has 0 aliphatic rings. The standard InChI is InChI=1S/C12H10Cl2N2/c1-15-12-11(6-10(14)7-16-12)8-2-4-9(13)5-3-8/h2-7H,1H3,(H,15,16). The molecule has 0 spiro atoms. The number of rotatable bonds is 2. The average molecular weight is 253 g/mol. The number of pyridine rings is 1. The Bertz CT molecular complexity index is 495. The Balaban J connectivity index is 2.53. The maximum Gasteiger partial charge on any atom is 0.133 e. The number of aromatic nitrogens is 1. The number of halogens is 2. The minimum Gasteiger partial charge on any atom is -0.373 e. The molecule has 1 heterocycles. The van der Waals surface area contributed by atoms with Gasteiger partial charge in [0, 0.05) is 23.8 Å². The maximum atomic E-state index is 5.94. The van der Waals surface area contributed by atoms with Gasteiger partial charge >= 0.3 is 0 Å². The topological polar surface area (TPSA) is 24.9 Å². The first-order valence-corrected chi connectivity index (χ1v) is 5.55. The van der Waals surface area contributed by atoms with Crippen LogP contribution in [-0.2, 0) is 0 Å². The van der Waals surface area contributed by atoms with E-state index in [4.69, 9.17) is 23.2 Å². The number of benzene rings is 1. The Hall–Kier alpha value is -1.25. The molecule has 1 N–H and O–H groups in total. The van der Waals surface area contributed by atoms with Crippen LogP contribution in [0.2, 0.25) is 10.0 Å². The number of nitrogens with one attached hydrogen (secondary N) is 1. The normalized spacial score (nSPS) is 10.2. The Morgan fingerprint density at radius 3 is 2.38 bits per heavy atom. The van der Waals surface area contributed by atoms with E-state index in [1.165, 1.54) is 0 Å². The second kappa shape index (κ2) is 4.73. The molecule has 0 fully saturated rings. The third-order valence-corrected chi connectivity index (χ3v) is 2.71. The number of hydrogen-bond donors (Lipinski definition) is 1. The highest BCUT2D eigenvalue weighted by Gasteiger charge is 2.06. The average Bonchev–Trinajstić information content (AvgIpc) is 2.30. The molecule has 0 bridgehead atoms. The third-order valence-electron chi connectivity index (χ3n) is 2.25. The Morgan fingerprint density at radius 2 is 1.75 bits per heavy atom. The van der Waals surface area contributed by atoms with Crippen LogP contribution in [0, 0.1) is 0 Å². The summed E-state index contributed by atoms with van der Waals surface area (Å²) in [5, 5.41) is 4.36. The van der Waals surface area contributed by atoms with Gasteiger partial charge in [-0.25, -0.2) is 4.98 Å². The highest BCUT2D eigenvalue weighted by Crippen LogP contribution is 2.29. The van der Waals surface area contributed by atoms with Gasteiger partial charge in [-0.15, -0.1) is 0 Å². The van der Waals surface area contributed by atoms with Crippen LogP contribution in [0.25, 0.3) is 11.1 Å². The van der Waals surface area contributed by atoms with Crippen molar-refractivity contribution in [3.05, 3.63) is 46.6 Å². The summed E-state index contributed by atoms with van der Waals surface area (Å²) in [6, 6.07) is 9.45. The van der Waals surface area contributed by atoms with E-state index in [2.05, 4.69) is 10.3 Å². The molecule has 1 aromatic heterocycles. The van der Waals surface area contributed by atoms with Crippen LogP contribution in [0.1, 0.15) is 0 Å². The van der Waals surface area contributed by atoms with Crippen LogP contribution < -0.4 is 5.32 Å². The second-order valence-electron chi connectivity index (χ2n) is 3.31. The fourth-order valence-corrected chi connectivity index (χ4v) is 1.77. The zero-order valence-electron chi connectivity index (χ0n) is 8.67. The van der Waals surface area contributed by atoms with Gasteiger partial charge in [0.1, 0.15) is 5.82 Å². The predicted octanol–water partition coefficient (Wildman–Crippen LogP) is 4.10. The van der Waals surface area contributed by atoms with E-state index < -0.39 is 0 Å². The molecule has 2 nitrogen and oxygen atoms in total. The summed E-state index contributed by atoms with van der Waals surface area (Å²) in [5.74, 6) is 0.798. The van der Waals surface area contributed by atoms with Crippen molar-refractivity contribution in [2.24, 2.45) is 0 Å². The van der Waals surface area contributed by atoms with Gasteiger partial charge in [0.2, 0.25) is 0 Å². The molecule has 0 radical (unpaired) electrons. The number of anilines is 1. The van der Waals surface area contributed by atoms with Crippen LogP contribution in [0.15, 0.2) is 36.5 Å². The molecule has 4 heteroatoms. The lowest BCUT2D eigenvalue weighted by Gasteiger charge is -2.08.